The lowest BCUT2D eigenvalue weighted by Crippen LogP contribution is -2.57. The van der Waals surface area contributed by atoms with E-state index in [1.807, 2.05) is 19.6 Å². The average Bonchev–Trinajstić information content (AvgIpc) is 2.68. The lowest BCUT2D eigenvalue weighted by molar-refractivity contribution is -0.118. The van der Waals surface area contributed by atoms with E-state index in [4.69, 9.17) is 4.74 Å². The van der Waals surface area contributed by atoms with Crippen molar-refractivity contribution in [1.82, 2.24) is 10.2 Å². The number of aliphatic hydroxyl groups is 1. The Hall–Kier alpha value is -2.91. The first-order valence-electron chi connectivity index (χ1n) is 10.1. The zero-order valence-electron chi connectivity index (χ0n) is 18.1. The molecule has 2 aromatic carbocycles. The Kier molecular flexibility index (Phi) is 6.66. The van der Waals surface area contributed by atoms with Gasteiger partial charge in [0.2, 0.25) is 0 Å². The summed E-state index contributed by atoms with van der Waals surface area (Å²) in [6, 6.07) is 9.98. The van der Waals surface area contributed by atoms with Gasteiger partial charge in [0.1, 0.15) is 17.6 Å². The molecule has 0 spiro atoms. The average molecular weight is 446 g/mol. The lowest BCUT2D eigenvalue weighted by atomic mass is 10.1. The van der Waals surface area contributed by atoms with Gasteiger partial charge in [-0.2, -0.15) is 0 Å². The van der Waals surface area contributed by atoms with E-state index in [2.05, 4.69) is 10.6 Å². The maximum atomic E-state index is 14.6. The molecule has 166 valence electrons. The number of hydrogen-bond donors (Lipinski definition) is 3. The van der Waals surface area contributed by atoms with E-state index < -0.39 is 32.2 Å². The van der Waals surface area contributed by atoms with Gasteiger partial charge in [-0.3, -0.25) is 4.79 Å². The van der Waals surface area contributed by atoms with Crippen LogP contribution < -0.4 is 20.6 Å². The molecule has 1 aliphatic rings. The summed E-state index contributed by atoms with van der Waals surface area (Å²) in [6.07, 6.45) is -0.549. The highest BCUT2D eigenvalue weighted by atomic mass is 28.3. The standard InChI is InChI=1S/C22H28FN3O4Si/c1-30-17-8-5-14(6-9-17)20(25-22(29)26-12-16(27)13-26)21(28)24-15-7-10-19(18(23)11-15)31(2,3)4/h5-11,16,20,27H,12-13H2,1-4H3,(H,24,28)(H,25,29). The second-order valence-electron chi connectivity index (χ2n) is 8.65. The number of likely N-dealkylation sites (tertiary alicyclic amines) is 1. The molecule has 1 saturated heterocycles. The number of carbonyl (C=O) groups excluding carboxylic acids is 2. The maximum Gasteiger partial charge on any atom is 0.318 e. The van der Waals surface area contributed by atoms with Crippen LogP contribution in [0.3, 0.4) is 0 Å². The molecule has 1 atom stereocenters. The Labute approximate surface area is 182 Å². The highest BCUT2D eigenvalue weighted by Gasteiger charge is 2.32. The first-order valence-corrected chi connectivity index (χ1v) is 13.6. The highest BCUT2D eigenvalue weighted by Crippen LogP contribution is 2.21. The van der Waals surface area contributed by atoms with E-state index in [9.17, 15) is 19.1 Å². The van der Waals surface area contributed by atoms with Crippen molar-refractivity contribution in [2.75, 3.05) is 25.5 Å². The highest BCUT2D eigenvalue weighted by molar-refractivity contribution is 6.88. The Balaban J connectivity index is 1.81. The van der Waals surface area contributed by atoms with Gasteiger partial charge in [0, 0.05) is 5.69 Å². The number of β-amino-alcohol motifs (C(OH)–C–C–N with tert-alkyl or cyclic N) is 1. The first kappa shape index (κ1) is 22.8. The monoisotopic (exact) mass is 445 g/mol. The van der Waals surface area contributed by atoms with Crippen molar-refractivity contribution in [3.8, 4) is 5.75 Å². The number of methoxy groups -OCH3 is 1. The van der Waals surface area contributed by atoms with E-state index in [1.54, 1.807) is 36.4 Å². The molecule has 7 nitrogen and oxygen atoms in total. The van der Waals surface area contributed by atoms with E-state index >= 15 is 0 Å². The zero-order chi connectivity index (χ0) is 22.8. The molecule has 1 unspecified atom stereocenters. The Morgan fingerprint density at radius 3 is 2.32 bits per heavy atom. The van der Waals surface area contributed by atoms with Crippen molar-refractivity contribution >= 4 is 30.9 Å². The van der Waals surface area contributed by atoms with Crippen LogP contribution in [0.5, 0.6) is 5.75 Å². The van der Waals surface area contributed by atoms with Gasteiger partial charge in [0.05, 0.1) is 34.4 Å². The topological polar surface area (TPSA) is 90.9 Å². The number of nitrogens with zero attached hydrogens (tertiary/aromatic N) is 1. The number of ether oxygens (including phenoxy) is 1. The van der Waals surface area contributed by atoms with Crippen LogP contribution in [0.2, 0.25) is 19.6 Å². The van der Waals surface area contributed by atoms with Crippen LogP contribution in [0.15, 0.2) is 42.5 Å². The van der Waals surface area contributed by atoms with Crippen LogP contribution >= 0.6 is 0 Å². The number of hydrogen-bond acceptors (Lipinski definition) is 4. The van der Waals surface area contributed by atoms with Crippen molar-refractivity contribution in [2.24, 2.45) is 0 Å². The van der Waals surface area contributed by atoms with Crippen molar-refractivity contribution in [1.29, 1.82) is 0 Å². The van der Waals surface area contributed by atoms with Crippen LogP contribution in [-0.2, 0) is 4.79 Å². The second kappa shape index (κ2) is 9.07. The summed E-state index contributed by atoms with van der Waals surface area (Å²) in [5.74, 6) is -0.236. The third-order valence-electron chi connectivity index (χ3n) is 5.17. The van der Waals surface area contributed by atoms with Gasteiger partial charge in [0.15, 0.2) is 0 Å². The molecular formula is C22H28FN3O4Si. The SMILES string of the molecule is COc1ccc(C(NC(=O)N2CC(O)C2)C(=O)Nc2ccc([Si](C)(C)C)c(F)c2)cc1. The summed E-state index contributed by atoms with van der Waals surface area (Å²) in [6.45, 7) is 6.57. The number of halogens is 1. The molecule has 3 rings (SSSR count). The molecule has 1 aliphatic heterocycles. The molecule has 0 bridgehead atoms. The minimum absolute atomic E-state index is 0.214. The lowest BCUT2D eigenvalue weighted by Gasteiger charge is -2.36. The molecule has 2 aromatic rings. The number of benzene rings is 2. The fourth-order valence-electron chi connectivity index (χ4n) is 3.35. The van der Waals surface area contributed by atoms with Crippen molar-refractivity contribution < 1.29 is 23.8 Å². The first-order chi connectivity index (χ1) is 14.6. The van der Waals surface area contributed by atoms with Crippen LogP contribution in [0.4, 0.5) is 14.9 Å². The molecule has 3 amide bonds. The number of nitrogens with one attached hydrogen (secondary N) is 2. The van der Waals surface area contributed by atoms with E-state index in [-0.39, 0.29) is 18.9 Å². The van der Waals surface area contributed by atoms with Gasteiger partial charge < -0.3 is 25.4 Å². The van der Waals surface area contributed by atoms with Gasteiger partial charge in [-0.1, -0.05) is 37.8 Å². The molecule has 0 aromatic heterocycles. The third-order valence-corrected chi connectivity index (χ3v) is 7.19. The molecule has 3 N–H and O–H groups in total. The van der Waals surface area contributed by atoms with Gasteiger partial charge in [-0.25, -0.2) is 9.18 Å². The fourth-order valence-corrected chi connectivity index (χ4v) is 4.72. The minimum atomic E-state index is -1.84. The largest absolute Gasteiger partial charge is 0.497 e. The number of anilines is 1. The molecule has 31 heavy (non-hydrogen) atoms. The summed E-state index contributed by atoms with van der Waals surface area (Å²) >= 11 is 0. The zero-order valence-corrected chi connectivity index (χ0v) is 19.1. The number of rotatable bonds is 6. The molecule has 0 saturated carbocycles. The van der Waals surface area contributed by atoms with Crippen LogP contribution in [-0.4, -0.2) is 56.3 Å². The van der Waals surface area contributed by atoms with Crippen LogP contribution in [0.25, 0.3) is 0 Å². The number of aliphatic hydroxyl groups excluding tert-OH is 1. The fraction of sp³-hybridized carbons (Fsp3) is 0.364. The predicted molar refractivity (Wildman–Crippen MR) is 120 cm³/mol. The Bertz CT molecular complexity index is 956. The predicted octanol–water partition coefficient (Wildman–Crippen LogP) is 2.45. The summed E-state index contributed by atoms with van der Waals surface area (Å²) in [5, 5.41) is 15.5. The molecule has 1 fully saturated rings. The van der Waals surface area contributed by atoms with Gasteiger partial charge in [-0.05, 0) is 35.0 Å². The van der Waals surface area contributed by atoms with E-state index in [0.717, 1.165) is 0 Å². The van der Waals surface area contributed by atoms with Crippen molar-refractivity contribution in [3.63, 3.8) is 0 Å². The Morgan fingerprint density at radius 2 is 1.81 bits per heavy atom. The quantitative estimate of drug-likeness (QED) is 0.596. The molecule has 0 radical (unpaired) electrons. The van der Waals surface area contributed by atoms with Crippen LogP contribution in [0.1, 0.15) is 11.6 Å². The molecule has 0 aliphatic carbocycles. The minimum Gasteiger partial charge on any atom is -0.497 e. The number of amides is 3. The van der Waals surface area contributed by atoms with Gasteiger partial charge >= 0.3 is 6.03 Å². The maximum absolute atomic E-state index is 14.6. The van der Waals surface area contributed by atoms with Crippen molar-refractivity contribution in [2.45, 2.75) is 31.8 Å². The summed E-state index contributed by atoms with van der Waals surface area (Å²) in [4.78, 5) is 27.0. The second-order valence-corrected chi connectivity index (χ2v) is 13.7. The number of carbonyl (C=O) groups is 2. The normalized spacial score (nSPS) is 15.1. The molecule has 1 heterocycles. The Morgan fingerprint density at radius 1 is 1.16 bits per heavy atom. The summed E-state index contributed by atoms with van der Waals surface area (Å²) < 4.78 is 19.7. The van der Waals surface area contributed by atoms with E-state index in [0.29, 0.717) is 22.2 Å². The molecule has 9 heteroatoms. The van der Waals surface area contributed by atoms with Crippen LogP contribution in [0, 0.1) is 5.82 Å². The van der Waals surface area contributed by atoms with Crippen molar-refractivity contribution in [3.05, 3.63) is 53.8 Å². The molecular weight excluding hydrogens is 417 g/mol. The smallest absolute Gasteiger partial charge is 0.318 e. The summed E-state index contributed by atoms with van der Waals surface area (Å²) in [7, 11) is -0.308. The third kappa shape index (κ3) is 5.42. The van der Waals surface area contributed by atoms with E-state index in [1.165, 1.54) is 18.1 Å². The van der Waals surface area contributed by atoms with Gasteiger partial charge in [-0.15, -0.1) is 0 Å². The number of urea groups is 1. The summed E-state index contributed by atoms with van der Waals surface area (Å²) in [5.41, 5.74) is 0.864. The van der Waals surface area contributed by atoms with Gasteiger partial charge in [0.25, 0.3) is 5.91 Å².